The van der Waals surface area contributed by atoms with Gasteiger partial charge in [-0.05, 0) is 44.5 Å². The van der Waals surface area contributed by atoms with E-state index in [1.165, 1.54) is 19.3 Å². The number of benzene rings is 1. The highest BCUT2D eigenvalue weighted by Gasteiger charge is 2.28. The standard InChI is InChI=1S/C16H22N2/c1-18(16-11-5-10-15(16)13-17)12-6-9-14-7-3-2-4-8-14/h2-4,7-8,15-16H,5,10-13,17H2,1H3. The van der Waals surface area contributed by atoms with Gasteiger partial charge < -0.3 is 5.73 Å². The fraction of sp³-hybridized carbons (Fsp3) is 0.500. The third kappa shape index (κ3) is 3.35. The van der Waals surface area contributed by atoms with Crippen molar-refractivity contribution in [3.63, 3.8) is 0 Å². The quantitative estimate of drug-likeness (QED) is 0.822. The molecule has 2 unspecified atom stereocenters. The molecule has 0 amide bonds. The Morgan fingerprint density at radius 3 is 2.78 bits per heavy atom. The lowest BCUT2D eigenvalue weighted by atomic mass is 10.0. The molecular formula is C16H22N2. The van der Waals surface area contributed by atoms with Crippen LogP contribution >= 0.6 is 0 Å². The zero-order valence-electron chi connectivity index (χ0n) is 11.1. The van der Waals surface area contributed by atoms with E-state index in [1.54, 1.807) is 0 Å². The van der Waals surface area contributed by atoms with Gasteiger partial charge in [-0.1, -0.05) is 36.5 Å². The minimum Gasteiger partial charge on any atom is -0.330 e. The van der Waals surface area contributed by atoms with Gasteiger partial charge >= 0.3 is 0 Å². The normalized spacial score (nSPS) is 22.8. The van der Waals surface area contributed by atoms with Gasteiger partial charge in [0.2, 0.25) is 0 Å². The van der Waals surface area contributed by atoms with Crippen LogP contribution in [0.15, 0.2) is 30.3 Å². The number of rotatable bonds is 3. The maximum atomic E-state index is 5.82. The van der Waals surface area contributed by atoms with E-state index in [2.05, 4.69) is 23.8 Å². The van der Waals surface area contributed by atoms with E-state index < -0.39 is 0 Å². The highest BCUT2D eigenvalue weighted by molar-refractivity contribution is 5.33. The summed E-state index contributed by atoms with van der Waals surface area (Å²) < 4.78 is 0. The van der Waals surface area contributed by atoms with Gasteiger partial charge in [0.05, 0.1) is 6.54 Å². The number of hydrogen-bond acceptors (Lipinski definition) is 2. The first kappa shape index (κ1) is 13.1. The summed E-state index contributed by atoms with van der Waals surface area (Å²) in [6, 6.07) is 10.8. The van der Waals surface area contributed by atoms with Crippen molar-refractivity contribution in [2.45, 2.75) is 25.3 Å². The summed E-state index contributed by atoms with van der Waals surface area (Å²) in [5.41, 5.74) is 6.91. The average molecular weight is 242 g/mol. The second-order valence-electron chi connectivity index (χ2n) is 5.08. The second kappa shape index (κ2) is 6.58. The lowest BCUT2D eigenvalue weighted by Gasteiger charge is -2.27. The zero-order valence-corrected chi connectivity index (χ0v) is 11.1. The predicted octanol–water partition coefficient (Wildman–Crippen LogP) is 2.10. The molecule has 2 rings (SSSR count). The molecule has 18 heavy (non-hydrogen) atoms. The van der Waals surface area contributed by atoms with Crippen molar-refractivity contribution in [1.29, 1.82) is 0 Å². The molecule has 1 aromatic carbocycles. The molecule has 0 saturated heterocycles. The van der Waals surface area contributed by atoms with Gasteiger partial charge in [0.15, 0.2) is 0 Å². The third-order valence-corrected chi connectivity index (χ3v) is 3.82. The first-order valence-electron chi connectivity index (χ1n) is 6.75. The number of hydrogen-bond donors (Lipinski definition) is 1. The molecular weight excluding hydrogens is 220 g/mol. The summed E-state index contributed by atoms with van der Waals surface area (Å²) in [7, 11) is 2.16. The number of nitrogens with two attached hydrogens (primary N) is 1. The Morgan fingerprint density at radius 2 is 2.06 bits per heavy atom. The van der Waals surface area contributed by atoms with Crippen molar-refractivity contribution in [2.75, 3.05) is 20.1 Å². The minimum absolute atomic E-state index is 0.625. The molecule has 0 radical (unpaired) electrons. The summed E-state index contributed by atoms with van der Waals surface area (Å²) in [4.78, 5) is 2.36. The highest BCUT2D eigenvalue weighted by atomic mass is 15.1. The van der Waals surface area contributed by atoms with E-state index >= 15 is 0 Å². The lowest BCUT2D eigenvalue weighted by Crippen LogP contribution is -2.37. The van der Waals surface area contributed by atoms with Gasteiger partial charge in [-0.25, -0.2) is 0 Å². The van der Waals surface area contributed by atoms with Crippen LogP contribution < -0.4 is 5.73 Å². The van der Waals surface area contributed by atoms with E-state index in [1.807, 2.05) is 30.3 Å². The van der Waals surface area contributed by atoms with Crippen molar-refractivity contribution in [1.82, 2.24) is 4.90 Å². The SMILES string of the molecule is CN(CC#Cc1ccccc1)C1CCCC1CN. The molecule has 2 atom stereocenters. The minimum atomic E-state index is 0.625. The summed E-state index contributed by atoms with van der Waals surface area (Å²) >= 11 is 0. The van der Waals surface area contributed by atoms with Crippen LogP contribution in [0.4, 0.5) is 0 Å². The highest BCUT2D eigenvalue weighted by Crippen LogP contribution is 2.28. The molecule has 0 aliphatic heterocycles. The van der Waals surface area contributed by atoms with Crippen LogP contribution in [-0.4, -0.2) is 31.1 Å². The second-order valence-corrected chi connectivity index (χ2v) is 5.08. The van der Waals surface area contributed by atoms with Crippen molar-refractivity contribution in [3.8, 4) is 11.8 Å². The fourth-order valence-electron chi connectivity index (χ4n) is 2.78. The molecule has 0 bridgehead atoms. The molecule has 1 fully saturated rings. The van der Waals surface area contributed by atoms with Crippen molar-refractivity contribution in [2.24, 2.45) is 11.7 Å². The molecule has 1 aliphatic carbocycles. The van der Waals surface area contributed by atoms with E-state index in [4.69, 9.17) is 5.73 Å². The van der Waals surface area contributed by atoms with Crippen LogP contribution in [-0.2, 0) is 0 Å². The van der Waals surface area contributed by atoms with E-state index in [9.17, 15) is 0 Å². The van der Waals surface area contributed by atoms with Gasteiger partial charge in [0.1, 0.15) is 0 Å². The Bertz CT molecular complexity index is 416. The third-order valence-electron chi connectivity index (χ3n) is 3.82. The van der Waals surface area contributed by atoms with Gasteiger partial charge in [-0.3, -0.25) is 4.90 Å². The molecule has 2 heteroatoms. The number of nitrogens with zero attached hydrogens (tertiary/aromatic N) is 1. The summed E-state index contributed by atoms with van der Waals surface area (Å²) in [5.74, 6) is 7.13. The van der Waals surface area contributed by atoms with Gasteiger partial charge in [-0.15, -0.1) is 0 Å². The molecule has 2 nitrogen and oxygen atoms in total. The fourth-order valence-corrected chi connectivity index (χ4v) is 2.78. The van der Waals surface area contributed by atoms with Crippen LogP contribution in [0.3, 0.4) is 0 Å². The lowest BCUT2D eigenvalue weighted by molar-refractivity contribution is 0.223. The molecule has 1 aliphatic rings. The predicted molar refractivity (Wildman–Crippen MR) is 76.1 cm³/mol. The topological polar surface area (TPSA) is 29.3 Å². The van der Waals surface area contributed by atoms with Crippen LogP contribution in [0.5, 0.6) is 0 Å². The Labute approximate surface area is 110 Å². The van der Waals surface area contributed by atoms with E-state index in [0.29, 0.717) is 12.0 Å². The zero-order chi connectivity index (χ0) is 12.8. The Kier molecular flexibility index (Phi) is 4.81. The van der Waals surface area contributed by atoms with E-state index in [0.717, 1.165) is 18.7 Å². The van der Waals surface area contributed by atoms with Gasteiger partial charge in [-0.2, -0.15) is 0 Å². The largest absolute Gasteiger partial charge is 0.330 e. The summed E-state index contributed by atoms with van der Waals surface area (Å²) in [6.45, 7) is 1.64. The van der Waals surface area contributed by atoms with Crippen LogP contribution in [0.2, 0.25) is 0 Å². The monoisotopic (exact) mass is 242 g/mol. The van der Waals surface area contributed by atoms with Crippen molar-refractivity contribution in [3.05, 3.63) is 35.9 Å². The molecule has 1 aromatic rings. The molecule has 96 valence electrons. The van der Waals surface area contributed by atoms with Crippen molar-refractivity contribution >= 4 is 0 Å². The Balaban J connectivity index is 1.88. The van der Waals surface area contributed by atoms with E-state index in [-0.39, 0.29) is 0 Å². The summed E-state index contributed by atoms with van der Waals surface area (Å²) in [5, 5.41) is 0. The molecule has 1 saturated carbocycles. The molecule has 0 spiro atoms. The van der Waals surface area contributed by atoms with Crippen molar-refractivity contribution < 1.29 is 0 Å². The molecule has 0 heterocycles. The van der Waals surface area contributed by atoms with Gasteiger partial charge in [0.25, 0.3) is 0 Å². The Hall–Kier alpha value is -1.30. The van der Waals surface area contributed by atoms with Crippen LogP contribution in [0, 0.1) is 17.8 Å². The first-order chi connectivity index (χ1) is 8.81. The smallest absolute Gasteiger partial charge is 0.0605 e. The van der Waals surface area contributed by atoms with Crippen LogP contribution in [0.25, 0.3) is 0 Å². The Morgan fingerprint density at radius 1 is 1.28 bits per heavy atom. The molecule has 2 N–H and O–H groups in total. The average Bonchev–Trinajstić information content (AvgIpc) is 2.88. The maximum absolute atomic E-state index is 5.82. The van der Waals surface area contributed by atoms with Crippen LogP contribution in [0.1, 0.15) is 24.8 Å². The first-order valence-corrected chi connectivity index (χ1v) is 6.75. The van der Waals surface area contributed by atoms with Gasteiger partial charge in [0, 0.05) is 11.6 Å². The molecule has 0 aromatic heterocycles. The maximum Gasteiger partial charge on any atom is 0.0605 e. The summed E-state index contributed by atoms with van der Waals surface area (Å²) in [6.07, 6.45) is 3.85.